The first-order chi connectivity index (χ1) is 18.0. The van der Waals surface area contributed by atoms with E-state index in [1.807, 2.05) is 6.56 Å². The van der Waals surface area contributed by atoms with Crippen LogP contribution in [0.3, 0.4) is 0 Å². The Morgan fingerprint density at radius 1 is 0.600 bits per heavy atom. The van der Waals surface area contributed by atoms with E-state index in [1.54, 1.807) is 32.0 Å². The van der Waals surface area contributed by atoms with Crippen LogP contribution in [0.1, 0.15) is 65.5 Å². The normalized spacial score (nSPS) is 21.3. The van der Waals surface area contributed by atoms with Crippen LogP contribution in [0.4, 0.5) is 0 Å². The molecule has 213 valence electrons. The summed E-state index contributed by atoms with van der Waals surface area (Å²) in [5, 5.41) is 6.44. The zero-order valence-corrected chi connectivity index (χ0v) is 31.3. The van der Waals surface area contributed by atoms with Crippen molar-refractivity contribution in [3.63, 3.8) is 0 Å². The fraction of sp³-hybridized carbons (Fsp3) is 0.389. The summed E-state index contributed by atoms with van der Waals surface area (Å²) in [7, 11) is 0. The van der Waals surface area contributed by atoms with Crippen LogP contribution in [0.5, 0.6) is 0 Å². The minimum Gasteiger partial charge on any atom is -0.147 e. The number of rotatable bonds is 5. The minimum atomic E-state index is -2.18. The number of benzene rings is 3. The molecule has 0 aromatic heterocycles. The molecule has 0 fully saturated rings. The number of hydrogen-bond donors (Lipinski definition) is 0. The zero-order chi connectivity index (χ0) is 27.6. The molecular formula is C36H47Cl2SiZr. The fourth-order valence-corrected chi connectivity index (χ4v) is 30.7. The molecule has 0 radical (unpaired) electrons. The topological polar surface area (TPSA) is 0 Å². The largest absolute Gasteiger partial charge is 0.147 e. The van der Waals surface area contributed by atoms with E-state index < -0.39 is 26.8 Å². The Kier molecular flexibility index (Phi) is 10.2. The molecule has 2 aromatic carbocycles. The summed E-state index contributed by atoms with van der Waals surface area (Å²) in [5.41, 5.74) is 9.56. The summed E-state index contributed by atoms with van der Waals surface area (Å²) in [4.78, 5) is 0. The van der Waals surface area contributed by atoms with Gasteiger partial charge < -0.3 is 0 Å². The summed E-state index contributed by atoms with van der Waals surface area (Å²) in [6, 6.07) is 22.6. The van der Waals surface area contributed by atoms with E-state index in [2.05, 4.69) is 129 Å². The van der Waals surface area contributed by atoms with Gasteiger partial charge in [-0.1, -0.05) is 24.3 Å². The van der Waals surface area contributed by atoms with Gasteiger partial charge in [0.05, 0.1) is 0 Å². The third kappa shape index (κ3) is 4.84. The summed E-state index contributed by atoms with van der Waals surface area (Å²) < 4.78 is 3.88. The molecule has 2 aromatic rings. The van der Waals surface area contributed by atoms with Crippen molar-refractivity contribution in [1.29, 1.82) is 0 Å². The molecule has 40 heavy (non-hydrogen) atoms. The average Bonchev–Trinajstić information content (AvgIpc) is 3.25. The molecular weight excluding hydrogens is 623 g/mol. The molecule has 6 rings (SSSR count). The van der Waals surface area contributed by atoms with Gasteiger partial charge in [0.15, 0.2) is 0 Å². The van der Waals surface area contributed by atoms with Gasteiger partial charge in [-0.15, -0.1) is 24.8 Å². The minimum absolute atomic E-state index is 0. The molecule has 0 aliphatic heterocycles. The number of fused-ring (bicyclic) bond motifs is 3. The maximum absolute atomic E-state index is 2.68. The monoisotopic (exact) mass is 667 g/mol. The van der Waals surface area contributed by atoms with Crippen molar-refractivity contribution < 1.29 is 20.9 Å². The third-order valence-electron chi connectivity index (χ3n) is 10.4. The Morgan fingerprint density at radius 3 is 1.20 bits per heavy atom. The van der Waals surface area contributed by atoms with Crippen molar-refractivity contribution in [1.82, 2.24) is 0 Å². The van der Waals surface area contributed by atoms with Crippen molar-refractivity contribution >= 4 is 48.4 Å². The van der Waals surface area contributed by atoms with Crippen LogP contribution in [0.2, 0.25) is 13.1 Å². The zero-order valence-electron chi connectivity index (χ0n) is 26.1. The van der Waals surface area contributed by atoms with Gasteiger partial charge in [-0.25, -0.2) is 0 Å². The Hall–Kier alpha value is -1.18. The van der Waals surface area contributed by atoms with Gasteiger partial charge in [-0.2, -0.15) is 0 Å². The van der Waals surface area contributed by atoms with E-state index >= 15 is 0 Å². The second-order valence-electron chi connectivity index (χ2n) is 12.5. The van der Waals surface area contributed by atoms with E-state index in [4.69, 9.17) is 0 Å². The standard InChI is InChI=1S/2C14H17.C6H4.C2H7Si.2ClH.Zr/c2*1-5-14(4)9-13-10(2)7-6-8-12(13)11(14)3;1-2-6-4-3-5(1)6;1-3-2;;;/h2*6-8H,5H2,1-4H3;1-4H;3H,1-2H3;2*1H;. The summed E-state index contributed by atoms with van der Waals surface area (Å²) in [5.74, 6) is -0.902. The van der Waals surface area contributed by atoms with Crippen LogP contribution in [0, 0.1) is 24.7 Å². The predicted octanol–water partition coefficient (Wildman–Crippen LogP) is 7.53. The predicted molar refractivity (Wildman–Crippen MR) is 181 cm³/mol. The van der Waals surface area contributed by atoms with Crippen molar-refractivity contribution in [3.8, 4) is 11.1 Å². The van der Waals surface area contributed by atoms with Gasteiger partial charge in [-0.05, 0) is 11.1 Å². The van der Waals surface area contributed by atoms with Crippen LogP contribution in [0.15, 0.2) is 60.7 Å². The van der Waals surface area contributed by atoms with Gasteiger partial charge in [-0.3, -0.25) is 0 Å². The summed E-state index contributed by atoms with van der Waals surface area (Å²) in [6.45, 7) is 25.0. The van der Waals surface area contributed by atoms with Crippen molar-refractivity contribution in [3.05, 3.63) is 92.7 Å². The van der Waals surface area contributed by atoms with Gasteiger partial charge >= 0.3 is 205 Å². The Bertz CT molecular complexity index is 1560. The maximum Gasteiger partial charge on any atom is -0.0184 e. The Labute approximate surface area is 263 Å². The molecule has 0 spiro atoms. The van der Waals surface area contributed by atoms with Crippen LogP contribution in [-0.2, 0) is 20.9 Å². The summed E-state index contributed by atoms with van der Waals surface area (Å²) >= 11 is -2.18. The van der Waals surface area contributed by atoms with Crippen molar-refractivity contribution in [2.24, 2.45) is 10.8 Å². The Balaban J connectivity index is 0.000000481. The summed E-state index contributed by atoms with van der Waals surface area (Å²) in [6.07, 6.45) is 2.43. The Morgan fingerprint density at radius 2 is 0.950 bits per heavy atom. The number of aryl methyl sites for hydroxylation is 2. The maximum atomic E-state index is 2.68. The molecule has 0 amide bonds. The van der Waals surface area contributed by atoms with Gasteiger partial charge in [0.2, 0.25) is 0 Å². The molecule has 0 nitrogen and oxygen atoms in total. The van der Waals surface area contributed by atoms with Crippen LogP contribution in [-0.4, -0.2) is 5.92 Å². The van der Waals surface area contributed by atoms with E-state index in [1.165, 1.54) is 35.1 Å². The van der Waals surface area contributed by atoms with Gasteiger partial charge in [0.25, 0.3) is 0 Å². The first kappa shape index (κ1) is 33.3. The SMILES string of the molecule is CCC1(C)C(C)=c2cccc(C)c2=[C]1[Zr]([C]1=c2c(C)cccc2=C(C)C1(C)CC)[SiH](C)C.Cl.Cl.c1cc2ccc1-2. The second kappa shape index (κ2) is 12.2. The fourth-order valence-electron chi connectivity index (χ4n) is 7.26. The van der Waals surface area contributed by atoms with E-state index in [-0.39, 0.29) is 35.6 Å². The molecule has 2 atom stereocenters. The van der Waals surface area contributed by atoms with E-state index in [0.717, 1.165) is 0 Å². The number of hydrogen-bond acceptors (Lipinski definition) is 0. The second-order valence-corrected chi connectivity index (χ2v) is 31.2. The molecule has 0 N–H and O–H groups in total. The van der Waals surface area contributed by atoms with Crippen molar-refractivity contribution in [2.45, 2.75) is 81.3 Å². The molecule has 0 heterocycles. The molecule has 4 aliphatic carbocycles. The first-order valence-corrected chi connectivity index (χ1v) is 24.2. The van der Waals surface area contributed by atoms with Gasteiger partial charge in [0.1, 0.15) is 0 Å². The molecule has 4 aliphatic rings. The number of halogens is 2. The van der Waals surface area contributed by atoms with E-state index in [9.17, 15) is 0 Å². The smallest absolute Gasteiger partial charge is 0.0184 e. The average molecular weight is 670 g/mol. The van der Waals surface area contributed by atoms with Gasteiger partial charge in [0, 0.05) is 0 Å². The van der Waals surface area contributed by atoms with Crippen LogP contribution >= 0.6 is 24.8 Å². The molecule has 2 unspecified atom stereocenters. The van der Waals surface area contributed by atoms with Crippen molar-refractivity contribution in [2.75, 3.05) is 0 Å². The molecule has 0 saturated carbocycles. The molecule has 0 bridgehead atoms. The molecule has 0 saturated heterocycles. The molecule has 4 heteroatoms. The van der Waals surface area contributed by atoms with Crippen LogP contribution in [0.25, 0.3) is 28.8 Å². The third-order valence-corrected chi connectivity index (χ3v) is 30.0. The van der Waals surface area contributed by atoms with Crippen LogP contribution < -0.4 is 20.9 Å². The van der Waals surface area contributed by atoms with E-state index in [0.29, 0.717) is 0 Å². The quantitative estimate of drug-likeness (QED) is 0.193. The first-order valence-electron chi connectivity index (χ1n) is 14.6.